The molecule has 0 saturated heterocycles. The van der Waals surface area contributed by atoms with E-state index in [1.165, 1.54) is 25.9 Å². The first-order chi connectivity index (χ1) is 16.1. The number of benzene rings is 2. The molecule has 0 unspecified atom stereocenters. The van der Waals surface area contributed by atoms with Crippen LogP contribution in [0.4, 0.5) is 29.2 Å². The number of aryl methyl sites for hydroxylation is 2. The lowest BCUT2D eigenvalue weighted by Gasteiger charge is -2.14. The van der Waals surface area contributed by atoms with Crippen molar-refractivity contribution in [3.8, 4) is 28.6 Å². The van der Waals surface area contributed by atoms with Gasteiger partial charge in [0.15, 0.2) is 11.6 Å². The highest BCUT2D eigenvalue weighted by atomic mass is 19.4. The molecule has 0 atom stereocenters. The maximum Gasteiger partial charge on any atom is 0.419 e. The number of hydrogen-bond acceptors (Lipinski definition) is 6. The van der Waals surface area contributed by atoms with Crippen molar-refractivity contribution >= 4 is 11.6 Å². The zero-order chi connectivity index (χ0) is 24.6. The Kier molecular flexibility index (Phi) is 5.90. The molecule has 2 heterocycles. The van der Waals surface area contributed by atoms with Crippen LogP contribution in [0.15, 0.2) is 42.9 Å². The number of halogens is 4. The van der Waals surface area contributed by atoms with Crippen LogP contribution >= 0.6 is 0 Å². The van der Waals surface area contributed by atoms with Gasteiger partial charge in [-0.05, 0) is 31.2 Å². The third kappa shape index (κ3) is 4.38. The minimum absolute atomic E-state index is 0.0311. The van der Waals surface area contributed by atoms with Crippen molar-refractivity contribution in [3.05, 3.63) is 59.9 Å². The Balaban J connectivity index is 1.69. The third-order valence-corrected chi connectivity index (χ3v) is 5.02. The molecule has 0 aliphatic carbocycles. The van der Waals surface area contributed by atoms with Gasteiger partial charge >= 0.3 is 6.18 Å². The van der Waals surface area contributed by atoms with E-state index in [-0.39, 0.29) is 17.5 Å². The molecule has 8 nitrogen and oxygen atoms in total. The van der Waals surface area contributed by atoms with Crippen LogP contribution < -0.4 is 14.8 Å². The number of methoxy groups -OCH3 is 2. The largest absolute Gasteiger partial charge is 0.497 e. The van der Waals surface area contributed by atoms with Crippen molar-refractivity contribution in [3.63, 3.8) is 0 Å². The van der Waals surface area contributed by atoms with Crippen molar-refractivity contribution in [2.75, 3.05) is 19.5 Å². The van der Waals surface area contributed by atoms with Crippen LogP contribution in [0.5, 0.6) is 11.5 Å². The summed E-state index contributed by atoms with van der Waals surface area (Å²) in [6, 6.07) is 7.00. The SMILES string of the molecule is COc1cc(Nc2nc(-c3ccc(-n4cnc(C)c4)c(OC)c3)nn2C)c(F)c(C(F)(F)F)c1. The van der Waals surface area contributed by atoms with Gasteiger partial charge in [-0.3, -0.25) is 0 Å². The third-order valence-electron chi connectivity index (χ3n) is 5.02. The summed E-state index contributed by atoms with van der Waals surface area (Å²) >= 11 is 0. The van der Waals surface area contributed by atoms with Gasteiger partial charge in [0.25, 0.3) is 0 Å². The summed E-state index contributed by atoms with van der Waals surface area (Å²) in [6.45, 7) is 1.87. The van der Waals surface area contributed by atoms with E-state index in [1.54, 1.807) is 29.1 Å². The molecule has 1 N–H and O–H groups in total. The molecule has 0 aliphatic heterocycles. The number of alkyl halides is 3. The van der Waals surface area contributed by atoms with Crippen molar-refractivity contribution in [2.24, 2.45) is 7.05 Å². The molecule has 2 aromatic heterocycles. The highest BCUT2D eigenvalue weighted by Gasteiger charge is 2.36. The summed E-state index contributed by atoms with van der Waals surface area (Å²) in [7, 11) is 4.25. The molecular formula is C22H20F4N6O2. The summed E-state index contributed by atoms with van der Waals surface area (Å²) in [5, 5.41) is 6.87. The molecule has 4 rings (SSSR count). The first-order valence-electron chi connectivity index (χ1n) is 9.93. The minimum Gasteiger partial charge on any atom is -0.497 e. The van der Waals surface area contributed by atoms with Crippen molar-refractivity contribution in [2.45, 2.75) is 13.1 Å². The van der Waals surface area contributed by atoms with Gasteiger partial charge in [-0.2, -0.15) is 18.2 Å². The Bertz CT molecular complexity index is 1350. The second kappa shape index (κ2) is 8.69. The van der Waals surface area contributed by atoms with Crippen molar-refractivity contribution in [1.82, 2.24) is 24.3 Å². The number of nitrogens with zero attached hydrogens (tertiary/aromatic N) is 5. The molecule has 4 aromatic rings. The second-order valence-electron chi connectivity index (χ2n) is 7.35. The zero-order valence-corrected chi connectivity index (χ0v) is 18.6. The van der Waals surface area contributed by atoms with E-state index in [2.05, 4.69) is 20.4 Å². The first kappa shape index (κ1) is 23.1. The minimum atomic E-state index is -4.90. The average molecular weight is 476 g/mol. The molecule has 178 valence electrons. The summed E-state index contributed by atoms with van der Waals surface area (Å²) in [5.74, 6) is -0.807. The summed E-state index contributed by atoms with van der Waals surface area (Å²) in [5.41, 5.74) is 0.276. The number of ether oxygens (including phenoxy) is 2. The van der Waals surface area contributed by atoms with Crippen LogP contribution in [0.25, 0.3) is 17.1 Å². The van der Waals surface area contributed by atoms with Gasteiger partial charge in [0.2, 0.25) is 5.95 Å². The lowest BCUT2D eigenvalue weighted by molar-refractivity contribution is -0.140. The molecule has 0 spiro atoms. The van der Waals surface area contributed by atoms with Gasteiger partial charge in [-0.15, -0.1) is 5.10 Å². The number of rotatable bonds is 6. The Morgan fingerprint density at radius 2 is 1.82 bits per heavy atom. The van der Waals surface area contributed by atoms with Gasteiger partial charge in [0.05, 0.1) is 43.2 Å². The number of hydrogen-bond donors (Lipinski definition) is 1. The summed E-state index contributed by atoms with van der Waals surface area (Å²) in [6.07, 6.45) is -1.39. The van der Waals surface area contributed by atoms with E-state index in [4.69, 9.17) is 9.47 Å². The van der Waals surface area contributed by atoms with Crippen molar-refractivity contribution in [1.29, 1.82) is 0 Å². The molecule has 0 bridgehead atoms. The molecule has 0 aliphatic rings. The fourth-order valence-electron chi connectivity index (χ4n) is 3.33. The normalized spacial score (nSPS) is 11.5. The summed E-state index contributed by atoms with van der Waals surface area (Å²) in [4.78, 5) is 8.53. The van der Waals surface area contributed by atoms with Gasteiger partial charge in [-0.1, -0.05) is 0 Å². The molecule has 0 amide bonds. The number of imidazole rings is 1. The number of anilines is 2. The highest BCUT2D eigenvalue weighted by Crippen LogP contribution is 2.38. The van der Waals surface area contributed by atoms with E-state index in [0.29, 0.717) is 17.4 Å². The van der Waals surface area contributed by atoms with E-state index in [9.17, 15) is 17.6 Å². The van der Waals surface area contributed by atoms with E-state index in [1.807, 2.05) is 13.1 Å². The molecular weight excluding hydrogens is 456 g/mol. The molecule has 0 radical (unpaired) electrons. The fraction of sp³-hybridized carbons (Fsp3) is 0.227. The average Bonchev–Trinajstić information content (AvgIpc) is 3.39. The van der Waals surface area contributed by atoms with Crippen LogP contribution in [0, 0.1) is 12.7 Å². The lowest BCUT2D eigenvalue weighted by Crippen LogP contribution is -2.11. The summed E-state index contributed by atoms with van der Waals surface area (Å²) < 4.78 is 67.8. The highest BCUT2D eigenvalue weighted by molar-refractivity contribution is 5.66. The Labute approximate surface area is 191 Å². The predicted octanol–water partition coefficient (Wildman–Crippen LogP) is 4.89. The standard InChI is InChI=1S/C22H20F4N6O2/c1-12-10-32(11-27-12)17-6-5-13(7-18(17)34-4)20-29-21(31(2)30-20)28-16-9-14(33-3)8-15(19(16)23)22(24,25)26/h5-11H,1-4H3,(H,28,29,30). The number of nitrogens with one attached hydrogen (secondary N) is 1. The Hall–Kier alpha value is -4.09. The Morgan fingerprint density at radius 3 is 2.44 bits per heavy atom. The fourth-order valence-corrected chi connectivity index (χ4v) is 3.33. The molecule has 0 fully saturated rings. The molecule has 2 aromatic carbocycles. The van der Waals surface area contributed by atoms with Gasteiger partial charge in [0, 0.05) is 24.9 Å². The number of aromatic nitrogens is 5. The van der Waals surface area contributed by atoms with Crippen LogP contribution in [-0.4, -0.2) is 38.5 Å². The first-order valence-corrected chi connectivity index (χ1v) is 9.93. The lowest BCUT2D eigenvalue weighted by atomic mass is 10.1. The maximum absolute atomic E-state index is 14.6. The van der Waals surface area contributed by atoms with Gasteiger partial charge in [0.1, 0.15) is 11.5 Å². The molecule has 12 heteroatoms. The van der Waals surface area contributed by atoms with E-state index in [0.717, 1.165) is 17.4 Å². The van der Waals surface area contributed by atoms with Gasteiger partial charge in [-0.25, -0.2) is 14.1 Å². The quantitative estimate of drug-likeness (QED) is 0.399. The van der Waals surface area contributed by atoms with E-state index < -0.39 is 23.2 Å². The maximum atomic E-state index is 14.6. The van der Waals surface area contributed by atoms with Gasteiger partial charge < -0.3 is 19.4 Å². The van der Waals surface area contributed by atoms with Crippen LogP contribution in [-0.2, 0) is 13.2 Å². The van der Waals surface area contributed by atoms with Crippen LogP contribution in [0.2, 0.25) is 0 Å². The predicted molar refractivity (Wildman–Crippen MR) is 116 cm³/mol. The van der Waals surface area contributed by atoms with Crippen LogP contribution in [0.1, 0.15) is 11.3 Å². The zero-order valence-electron chi connectivity index (χ0n) is 18.6. The smallest absolute Gasteiger partial charge is 0.419 e. The van der Waals surface area contributed by atoms with Crippen molar-refractivity contribution < 1.29 is 27.0 Å². The Morgan fingerprint density at radius 1 is 1.06 bits per heavy atom. The second-order valence-corrected chi connectivity index (χ2v) is 7.35. The van der Waals surface area contributed by atoms with Crippen LogP contribution in [0.3, 0.4) is 0 Å². The molecule has 34 heavy (non-hydrogen) atoms. The van der Waals surface area contributed by atoms with E-state index >= 15 is 0 Å². The monoisotopic (exact) mass is 476 g/mol. The topological polar surface area (TPSA) is 79.0 Å². The molecule has 0 saturated carbocycles.